The number of morpholine rings is 1. The van der Waals surface area contributed by atoms with Crippen molar-refractivity contribution in [1.29, 1.82) is 0 Å². The SMILES string of the molecule is O=C(NC[C@@H](c1ccccn1)N1CCOCC1)c1ccc2c(c1)OCO2. The Hall–Kier alpha value is -2.64. The Morgan fingerprint density at radius 2 is 2.00 bits per heavy atom. The van der Waals surface area contributed by atoms with Crippen molar-refractivity contribution in [2.45, 2.75) is 6.04 Å². The smallest absolute Gasteiger partial charge is 0.251 e. The van der Waals surface area contributed by atoms with E-state index in [1.54, 1.807) is 24.4 Å². The van der Waals surface area contributed by atoms with Crippen LogP contribution in [0.4, 0.5) is 0 Å². The summed E-state index contributed by atoms with van der Waals surface area (Å²) >= 11 is 0. The molecule has 0 radical (unpaired) electrons. The van der Waals surface area contributed by atoms with E-state index < -0.39 is 0 Å². The highest BCUT2D eigenvalue weighted by Gasteiger charge is 2.24. The van der Waals surface area contributed by atoms with Gasteiger partial charge < -0.3 is 19.5 Å². The third kappa shape index (κ3) is 3.63. The summed E-state index contributed by atoms with van der Waals surface area (Å²) in [5.74, 6) is 1.13. The standard InChI is InChI=1S/C19H21N3O4/c23-19(14-4-5-17-18(11-14)26-13-25-17)21-12-16(15-3-1-2-6-20-15)22-7-9-24-10-8-22/h1-6,11,16H,7-10,12-13H2,(H,21,23)/t16-/m0/s1. The predicted molar refractivity (Wildman–Crippen MR) is 94.3 cm³/mol. The number of pyridine rings is 1. The van der Waals surface area contributed by atoms with Crippen LogP contribution in [0, 0.1) is 0 Å². The number of amides is 1. The lowest BCUT2D eigenvalue weighted by atomic mass is 10.1. The number of benzene rings is 1. The maximum absolute atomic E-state index is 12.6. The molecule has 26 heavy (non-hydrogen) atoms. The number of nitrogens with zero attached hydrogens (tertiary/aromatic N) is 2. The van der Waals surface area contributed by atoms with Gasteiger partial charge in [0.25, 0.3) is 5.91 Å². The third-order valence-electron chi connectivity index (χ3n) is 4.61. The van der Waals surface area contributed by atoms with Crippen LogP contribution in [-0.4, -0.2) is 55.4 Å². The lowest BCUT2D eigenvalue weighted by molar-refractivity contribution is 0.0154. The highest BCUT2D eigenvalue weighted by atomic mass is 16.7. The zero-order valence-corrected chi connectivity index (χ0v) is 14.4. The minimum atomic E-state index is -0.141. The first-order chi connectivity index (χ1) is 12.8. The Balaban J connectivity index is 1.46. The lowest BCUT2D eigenvalue weighted by Gasteiger charge is -2.34. The highest BCUT2D eigenvalue weighted by Crippen LogP contribution is 2.32. The fourth-order valence-corrected chi connectivity index (χ4v) is 3.21. The summed E-state index contributed by atoms with van der Waals surface area (Å²) < 4.78 is 16.1. The van der Waals surface area contributed by atoms with Crippen LogP contribution in [0.3, 0.4) is 0 Å². The van der Waals surface area contributed by atoms with E-state index in [0.717, 1.165) is 18.8 Å². The second-order valence-corrected chi connectivity index (χ2v) is 6.20. The molecule has 2 aromatic rings. The quantitative estimate of drug-likeness (QED) is 0.879. The van der Waals surface area contributed by atoms with E-state index in [-0.39, 0.29) is 18.7 Å². The Morgan fingerprint density at radius 3 is 2.81 bits per heavy atom. The van der Waals surface area contributed by atoms with Gasteiger partial charge >= 0.3 is 0 Å². The first-order valence-corrected chi connectivity index (χ1v) is 8.72. The van der Waals surface area contributed by atoms with Crippen LogP contribution < -0.4 is 14.8 Å². The number of carbonyl (C=O) groups excluding carboxylic acids is 1. The van der Waals surface area contributed by atoms with E-state index in [2.05, 4.69) is 15.2 Å². The first kappa shape index (κ1) is 16.8. The summed E-state index contributed by atoms with van der Waals surface area (Å²) in [5, 5.41) is 3.03. The molecule has 4 rings (SSSR count). The van der Waals surface area contributed by atoms with Crippen molar-refractivity contribution in [3.63, 3.8) is 0 Å². The number of ether oxygens (including phenoxy) is 3. The normalized spacial score (nSPS) is 17.7. The minimum Gasteiger partial charge on any atom is -0.454 e. The number of rotatable bonds is 5. The van der Waals surface area contributed by atoms with Gasteiger partial charge in [0.1, 0.15) is 0 Å². The molecule has 7 heteroatoms. The van der Waals surface area contributed by atoms with Crippen LogP contribution in [0.1, 0.15) is 22.1 Å². The second-order valence-electron chi connectivity index (χ2n) is 6.20. The predicted octanol–water partition coefficient (Wildman–Crippen LogP) is 1.61. The number of nitrogens with one attached hydrogen (secondary N) is 1. The van der Waals surface area contributed by atoms with Crippen LogP contribution in [0.5, 0.6) is 11.5 Å². The Labute approximate surface area is 151 Å². The van der Waals surface area contributed by atoms with Crippen LogP contribution >= 0.6 is 0 Å². The highest BCUT2D eigenvalue weighted by molar-refractivity contribution is 5.94. The number of fused-ring (bicyclic) bond motifs is 1. The van der Waals surface area contributed by atoms with Crippen LogP contribution in [0.25, 0.3) is 0 Å². The molecule has 0 bridgehead atoms. The molecule has 7 nitrogen and oxygen atoms in total. The number of aromatic nitrogens is 1. The number of carbonyl (C=O) groups is 1. The van der Waals surface area contributed by atoms with Crippen molar-refractivity contribution >= 4 is 5.91 Å². The largest absolute Gasteiger partial charge is 0.454 e. The molecular formula is C19H21N3O4. The van der Waals surface area contributed by atoms with Crippen molar-refractivity contribution in [3.8, 4) is 11.5 Å². The molecule has 0 aliphatic carbocycles. The van der Waals surface area contributed by atoms with Crippen molar-refractivity contribution in [2.24, 2.45) is 0 Å². The molecule has 0 saturated carbocycles. The van der Waals surface area contributed by atoms with Gasteiger partial charge in [-0.25, -0.2) is 0 Å². The van der Waals surface area contributed by atoms with Crippen molar-refractivity contribution in [3.05, 3.63) is 53.9 Å². The molecule has 1 amide bonds. The summed E-state index contributed by atoms with van der Waals surface area (Å²) in [7, 11) is 0. The Kier molecular flexibility index (Phi) is 4.99. The van der Waals surface area contributed by atoms with Crippen molar-refractivity contribution in [2.75, 3.05) is 39.6 Å². The van der Waals surface area contributed by atoms with E-state index in [1.807, 2.05) is 18.2 Å². The maximum atomic E-state index is 12.6. The summed E-state index contributed by atoms with van der Waals surface area (Å²) in [4.78, 5) is 19.4. The molecule has 0 unspecified atom stereocenters. The van der Waals surface area contributed by atoms with Gasteiger partial charge in [0.2, 0.25) is 6.79 Å². The van der Waals surface area contributed by atoms with E-state index in [4.69, 9.17) is 14.2 Å². The molecule has 2 aliphatic heterocycles. The van der Waals surface area contributed by atoms with Gasteiger partial charge in [0, 0.05) is 31.4 Å². The van der Waals surface area contributed by atoms with Gasteiger partial charge in [-0.05, 0) is 30.3 Å². The zero-order chi connectivity index (χ0) is 17.8. The van der Waals surface area contributed by atoms with E-state index in [1.165, 1.54) is 0 Å². The fraction of sp³-hybridized carbons (Fsp3) is 0.368. The lowest BCUT2D eigenvalue weighted by Crippen LogP contribution is -2.44. The molecule has 1 atom stereocenters. The van der Waals surface area contributed by atoms with Gasteiger partial charge in [0.05, 0.1) is 24.9 Å². The molecule has 3 heterocycles. The molecule has 0 spiro atoms. The van der Waals surface area contributed by atoms with Gasteiger partial charge in [-0.2, -0.15) is 0 Å². The van der Waals surface area contributed by atoms with Crippen LogP contribution in [-0.2, 0) is 4.74 Å². The molecule has 1 N–H and O–H groups in total. The van der Waals surface area contributed by atoms with Gasteiger partial charge in [0.15, 0.2) is 11.5 Å². The topological polar surface area (TPSA) is 72.9 Å². The zero-order valence-electron chi connectivity index (χ0n) is 14.4. The molecule has 1 fully saturated rings. The van der Waals surface area contributed by atoms with Crippen LogP contribution in [0.15, 0.2) is 42.6 Å². The van der Waals surface area contributed by atoms with Gasteiger partial charge in [-0.1, -0.05) is 6.07 Å². The molecule has 2 aliphatic rings. The molecular weight excluding hydrogens is 334 g/mol. The van der Waals surface area contributed by atoms with E-state index in [0.29, 0.717) is 36.8 Å². The summed E-state index contributed by atoms with van der Waals surface area (Å²) in [6, 6.07) is 11.1. The Bertz CT molecular complexity index is 763. The van der Waals surface area contributed by atoms with Gasteiger partial charge in [-0.15, -0.1) is 0 Å². The summed E-state index contributed by atoms with van der Waals surface area (Å²) in [5.41, 5.74) is 1.50. The molecule has 1 aromatic carbocycles. The minimum absolute atomic E-state index is 0.0121. The summed E-state index contributed by atoms with van der Waals surface area (Å²) in [6.45, 7) is 3.70. The Morgan fingerprint density at radius 1 is 1.15 bits per heavy atom. The fourth-order valence-electron chi connectivity index (χ4n) is 3.21. The molecule has 1 aromatic heterocycles. The monoisotopic (exact) mass is 355 g/mol. The first-order valence-electron chi connectivity index (χ1n) is 8.72. The van der Waals surface area contributed by atoms with Crippen LogP contribution in [0.2, 0.25) is 0 Å². The summed E-state index contributed by atoms with van der Waals surface area (Å²) in [6.07, 6.45) is 1.78. The number of hydrogen-bond donors (Lipinski definition) is 1. The molecule has 1 saturated heterocycles. The average Bonchev–Trinajstić information content (AvgIpc) is 3.17. The van der Waals surface area contributed by atoms with E-state index in [9.17, 15) is 4.79 Å². The van der Waals surface area contributed by atoms with Gasteiger partial charge in [-0.3, -0.25) is 14.7 Å². The van der Waals surface area contributed by atoms with E-state index >= 15 is 0 Å². The second kappa shape index (κ2) is 7.72. The molecule has 136 valence electrons. The van der Waals surface area contributed by atoms with Crippen molar-refractivity contribution in [1.82, 2.24) is 15.2 Å². The van der Waals surface area contributed by atoms with Crippen molar-refractivity contribution < 1.29 is 19.0 Å². The maximum Gasteiger partial charge on any atom is 0.251 e. The number of hydrogen-bond acceptors (Lipinski definition) is 6. The average molecular weight is 355 g/mol. The third-order valence-corrected chi connectivity index (χ3v) is 4.61.